The molecule has 1 aliphatic rings. The highest BCUT2D eigenvalue weighted by Crippen LogP contribution is 2.41. The number of nitrogens with one attached hydrogen (secondary N) is 2. The molecule has 3 rings (SSSR count). The number of hydrogen-bond acceptors (Lipinski definition) is 6. The van der Waals surface area contributed by atoms with Gasteiger partial charge in [-0.2, -0.15) is 15.5 Å². The zero-order valence-corrected chi connectivity index (χ0v) is 16.4. The average molecular weight is 405 g/mol. The van der Waals surface area contributed by atoms with Crippen LogP contribution in [0.3, 0.4) is 0 Å². The molecule has 1 aromatic heterocycles. The summed E-state index contributed by atoms with van der Waals surface area (Å²) >= 11 is 0. The molecule has 3 N–H and O–H groups in total. The molecule has 1 aliphatic carbocycles. The summed E-state index contributed by atoms with van der Waals surface area (Å²) in [5, 5.41) is 31.5. The SMILES string of the molecule is N#CC(=Cc1cccnn1)C(=O)NC(c1ccc(C(=O)NCCCO)cc1)C1CC1. The lowest BCUT2D eigenvalue weighted by atomic mass is 10.00. The number of carbonyl (C=O) groups excluding carboxylic acids is 2. The molecular weight excluding hydrogens is 382 g/mol. The van der Waals surface area contributed by atoms with Crippen LogP contribution in [0.25, 0.3) is 6.08 Å². The van der Waals surface area contributed by atoms with Gasteiger partial charge in [0.2, 0.25) is 0 Å². The van der Waals surface area contributed by atoms with Crippen LogP contribution in [0.4, 0.5) is 0 Å². The molecule has 154 valence electrons. The minimum atomic E-state index is -0.467. The lowest BCUT2D eigenvalue weighted by molar-refractivity contribution is -0.117. The van der Waals surface area contributed by atoms with Crippen LogP contribution < -0.4 is 10.6 Å². The van der Waals surface area contributed by atoms with Gasteiger partial charge in [-0.3, -0.25) is 9.59 Å². The Morgan fingerprint density at radius 2 is 2.03 bits per heavy atom. The van der Waals surface area contributed by atoms with Gasteiger partial charge in [0.15, 0.2) is 0 Å². The number of nitrogens with zero attached hydrogens (tertiary/aromatic N) is 3. The molecule has 2 aromatic rings. The van der Waals surface area contributed by atoms with Crippen LogP contribution >= 0.6 is 0 Å². The van der Waals surface area contributed by atoms with Crippen molar-refractivity contribution in [2.75, 3.05) is 13.2 Å². The highest BCUT2D eigenvalue weighted by atomic mass is 16.3. The van der Waals surface area contributed by atoms with E-state index in [4.69, 9.17) is 5.11 Å². The quantitative estimate of drug-likeness (QED) is 0.331. The fraction of sp³-hybridized carbons (Fsp3) is 0.318. The van der Waals surface area contributed by atoms with E-state index in [1.54, 1.807) is 24.3 Å². The van der Waals surface area contributed by atoms with Crippen molar-refractivity contribution in [2.24, 2.45) is 5.92 Å². The van der Waals surface area contributed by atoms with Crippen LogP contribution in [-0.4, -0.2) is 40.3 Å². The van der Waals surface area contributed by atoms with Crippen LogP contribution in [0, 0.1) is 17.2 Å². The Kier molecular flexibility index (Phi) is 7.24. The Morgan fingerprint density at radius 3 is 2.63 bits per heavy atom. The van der Waals surface area contributed by atoms with Crippen molar-refractivity contribution in [3.05, 3.63) is 65.0 Å². The number of hydrogen-bond donors (Lipinski definition) is 3. The first-order chi connectivity index (χ1) is 14.6. The number of aliphatic hydroxyl groups is 1. The smallest absolute Gasteiger partial charge is 0.262 e. The topological polar surface area (TPSA) is 128 Å². The first-order valence-electron chi connectivity index (χ1n) is 9.81. The van der Waals surface area contributed by atoms with Gasteiger partial charge in [-0.15, -0.1) is 0 Å². The van der Waals surface area contributed by atoms with Crippen LogP contribution in [0.15, 0.2) is 48.2 Å². The van der Waals surface area contributed by atoms with Gasteiger partial charge in [-0.1, -0.05) is 12.1 Å². The Morgan fingerprint density at radius 1 is 1.27 bits per heavy atom. The summed E-state index contributed by atoms with van der Waals surface area (Å²) in [4.78, 5) is 24.8. The number of carbonyl (C=O) groups is 2. The van der Waals surface area contributed by atoms with Gasteiger partial charge in [0.25, 0.3) is 11.8 Å². The van der Waals surface area contributed by atoms with E-state index in [1.165, 1.54) is 12.3 Å². The fourth-order valence-corrected chi connectivity index (χ4v) is 3.03. The van der Waals surface area contributed by atoms with Crippen LogP contribution in [0.1, 0.15) is 46.9 Å². The highest BCUT2D eigenvalue weighted by Gasteiger charge is 2.34. The van der Waals surface area contributed by atoms with Crippen molar-refractivity contribution in [3.63, 3.8) is 0 Å². The molecule has 1 unspecified atom stereocenters. The van der Waals surface area contributed by atoms with E-state index >= 15 is 0 Å². The van der Waals surface area contributed by atoms with Gasteiger partial charge in [-0.25, -0.2) is 0 Å². The Balaban J connectivity index is 1.70. The largest absolute Gasteiger partial charge is 0.396 e. The highest BCUT2D eigenvalue weighted by molar-refractivity contribution is 6.01. The van der Waals surface area contributed by atoms with E-state index in [0.29, 0.717) is 30.1 Å². The monoisotopic (exact) mass is 405 g/mol. The van der Waals surface area contributed by atoms with Crippen molar-refractivity contribution in [3.8, 4) is 6.07 Å². The minimum absolute atomic E-state index is 0.0258. The van der Waals surface area contributed by atoms with Gasteiger partial charge in [0.05, 0.1) is 11.7 Å². The van der Waals surface area contributed by atoms with E-state index in [0.717, 1.165) is 18.4 Å². The molecule has 1 heterocycles. The second-order valence-electron chi connectivity index (χ2n) is 7.06. The molecule has 0 spiro atoms. The predicted molar refractivity (Wildman–Crippen MR) is 110 cm³/mol. The van der Waals surface area contributed by atoms with Crippen molar-refractivity contribution >= 4 is 17.9 Å². The van der Waals surface area contributed by atoms with Crippen molar-refractivity contribution in [1.82, 2.24) is 20.8 Å². The number of nitriles is 1. The lowest BCUT2D eigenvalue weighted by Crippen LogP contribution is -2.31. The molecule has 1 fully saturated rings. The van der Waals surface area contributed by atoms with Crippen molar-refractivity contribution in [2.45, 2.75) is 25.3 Å². The zero-order valence-electron chi connectivity index (χ0n) is 16.4. The summed E-state index contributed by atoms with van der Waals surface area (Å²) in [6, 6.07) is 12.1. The normalized spacial score (nSPS) is 14.5. The van der Waals surface area contributed by atoms with E-state index in [2.05, 4.69) is 20.8 Å². The van der Waals surface area contributed by atoms with Gasteiger partial charge in [0.1, 0.15) is 11.6 Å². The summed E-state index contributed by atoms with van der Waals surface area (Å²) in [5.41, 5.74) is 1.79. The van der Waals surface area contributed by atoms with Gasteiger partial charge in [0, 0.05) is 24.9 Å². The van der Waals surface area contributed by atoms with Crippen molar-refractivity contribution < 1.29 is 14.7 Å². The third-order valence-corrected chi connectivity index (χ3v) is 4.78. The molecule has 1 atom stereocenters. The predicted octanol–water partition coefficient (Wildman–Crippen LogP) is 1.76. The second kappa shape index (κ2) is 10.3. The molecule has 8 nitrogen and oxygen atoms in total. The van der Waals surface area contributed by atoms with Crippen LogP contribution in [0.5, 0.6) is 0 Å². The van der Waals surface area contributed by atoms with Crippen molar-refractivity contribution in [1.29, 1.82) is 5.26 Å². The standard InChI is InChI=1S/C22H23N5O3/c23-14-18(13-19-3-1-11-25-27-19)22(30)26-20(15-4-5-15)16-6-8-17(9-7-16)21(29)24-10-2-12-28/h1,3,6-9,11,13,15,20,28H,2,4-5,10,12H2,(H,24,29)(H,26,30). The van der Waals surface area contributed by atoms with Crippen LogP contribution in [0.2, 0.25) is 0 Å². The van der Waals surface area contributed by atoms with Gasteiger partial charge in [-0.05, 0) is 61.1 Å². The van der Waals surface area contributed by atoms with Crippen LogP contribution in [-0.2, 0) is 4.79 Å². The molecule has 1 saturated carbocycles. The zero-order chi connectivity index (χ0) is 21.3. The molecule has 0 saturated heterocycles. The number of aromatic nitrogens is 2. The molecule has 0 bridgehead atoms. The summed E-state index contributed by atoms with van der Waals surface area (Å²) in [5.74, 6) is -0.374. The molecule has 1 aromatic carbocycles. The maximum Gasteiger partial charge on any atom is 0.262 e. The molecular formula is C22H23N5O3. The van der Waals surface area contributed by atoms with E-state index < -0.39 is 5.91 Å². The van der Waals surface area contributed by atoms with E-state index in [-0.39, 0.29) is 24.1 Å². The lowest BCUT2D eigenvalue weighted by Gasteiger charge is -2.19. The van der Waals surface area contributed by atoms with E-state index in [9.17, 15) is 14.9 Å². The molecule has 0 aliphatic heterocycles. The third kappa shape index (κ3) is 5.72. The molecule has 8 heteroatoms. The maximum absolute atomic E-state index is 12.7. The summed E-state index contributed by atoms with van der Waals surface area (Å²) < 4.78 is 0. The number of benzene rings is 1. The summed E-state index contributed by atoms with van der Waals surface area (Å²) in [6.45, 7) is 0.435. The Labute approximate surface area is 174 Å². The summed E-state index contributed by atoms with van der Waals surface area (Å²) in [7, 11) is 0. The first kappa shape index (κ1) is 21.1. The first-order valence-corrected chi connectivity index (χ1v) is 9.81. The third-order valence-electron chi connectivity index (χ3n) is 4.78. The molecule has 30 heavy (non-hydrogen) atoms. The number of rotatable bonds is 9. The minimum Gasteiger partial charge on any atom is -0.396 e. The number of aliphatic hydroxyl groups excluding tert-OH is 1. The molecule has 2 amide bonds. The van der Waals surface area contributed by atoms with Gasteiger partial charge >= 0.3 is 0 Å². The Bertz CT molecular complexity index is 947. The second-order valence-corrected chi connectivity index (χ2v) is 7.06. The fourth-order valence-electron chi connectivity index (χ4n) is 3.03. The summed E-state index contributed by atoms with van der Waals surface area (Å²) in [6.07, 6.45) is 5.41. The molecule has 0 radical (unpaired) electrons. The Hall–Kier alpha value is -3.57. The van der Waals surface area contributed by atoms with E-state index in [1.807, 2.05) is 18.2 Å². The number of amides is 2. The maximum atomic E-state index is 12.7. The average Bonchev–Trinajstić information content (AvgIpc) is 3.62. The van der Waals surface area contributed by atoms with Gasteiger partial charge < -0.3 is 15.7 Å².